The first-order chi connectivity index (χ1) is 11.5. The van der Waals surface area contributed by atoms with Gasteiger partial charge in [0.05, 0.1) is 6.42 Å². The molecule has 3 aromatic rings. The second kappa shape index (κ2) is 6.83. The molecule has 0 aliphatic rings. The number of benzene rings is 1. The number of aromatic nitrogens is 4. The first kappa shape index (κ1) is 16.2. The average molecular weight is 348 g/mol. The summed E-state index contributed by atoms with van der Waals surface area (Å²) in [5, 5.41) is 8.16. The van der Waals surface area contributed by atoms with E-state index in [1.54, 1.807) is 19.1 Å². The topological polar surface area (TPSA) is 105 Å². The molecule has 2 aromatic heterocycles. The van der Waals surface area contributed by atoms with Crippen molar-refractivity contribution in [3.05, 3.63) is 73.6 Å². The van der Waals surface area contributed by atoms with E-state index in [1.807, 2.05) is 0 Å². The van der Waals surface area contributed by atoms with Gasteiger partial charge in [-0.25, -0.2) is 9.18 Å². The van der Waals surface area contributed by atoms with Crippen molar-refractivity contribution < 1.29 is 8.81 Å². The third-order valence-corrected chi connectivity index (χ3v) is 4.20. The van der Waals surface area contributed by atoms with Crippen LogP contribution in [0.5, 0.6) is 0 Å². The molecule has 0 aliphatic carbocycles. The summed E-state index contributed by atoms with van der Waals surface area (Å²) in [6, 6.07) is 6.15. The molecule has 0 unspecified atom stereocenters. The standard InChI is InChI=1S/C15H13FN4O3S/c1-8-11(13(21)18-14(22)17-8)6-12-19-20-15(23-12)24-7-9-2-4-10(16)5-3-9/h2-5H,6-7H2,1H3,(H2,17,18,21,22). The minimum atomic E-state index is -0.553. The molecule has 7 nitrogen and oxygen atoms in total. The zero-order chi connectivity index (χ0) is 17.1. The lowest BCUT2D eigenvalue weighted by Gasteiger charge is -2.00. The highest BCUT2D eigenvalue weighted by Gasteiger charge is 2.13. The van der Waals surface area contributed by atoms with E-state index in [0.717, 1.165) is 5.56 Å². The molecule has 0 saturated heterocycles. The van der Waals surface area contributed by atoms with Crippen molar-refractivity contribution in [2.45, 2.75) is 24.3 Å². The predicted octanol–water partition coefficient (Wildman–Crippen LogP) is 1.78. The number of hydrogen-bond acceptors (Lipinski definition) is 6. The van der Waals surface area contributed by atoms with Gasteiger partial charge in [0.2, 0.25) is 5.89 Å². The first-order valence-electron chi connectivity index (χ1n) is 7.03. The van der Waals surface area contributed by atoms with Gasteiger partial charge in [-0.1, -0.05) is 23.9 Å². The summed E-state index contributed by atoms with van der Waals surface area (Å²) >= 11 is 1.32. The molecule has 0 radical (unpaired) electrons. The van der Waals surface area contributed by atoms with Crippen LogP contribution >= 0.6 is 11.8 Å². The van der Waals surface area contributed by atoms with Crippen LogP contribution in [0.1, 0.15) is 22.7 Å². The van der Waals surface area contributed by atoms with Gasteiger partial charge >= 0.3 is 5.69 Å². The molecule has 0 saturated carbocycles. The fourth-order valence-corrected chi connectivity index (χ4v) is 2.82. The number of aryl methyl sites for hydroxylation is 1. The number of nitrogens with one attached hydrogen (secondary N) is 2. The van der Waals surface area contributed by atoms with E-state index in [-0.39, 0.29) is 18.1 Å². The number of nitrogens with zero attached hydrogens (tertiary/aromatic N) is 2. The van der Waals surface area contributed by atoms with Gasteiger partial charge in [-0.05, 0) is 24.6 Å². The van der Waals surface area contributed by atoms with E-state index in [1.165, 1.54) is 23.9 Å². The highest BCUT2D eigenvalue weighted by atomic mass is 32.2. The number of halogens is 1. The number of hydrogen-bond donors (Lipinski definition) is 2. The Labute approximate surface area is 139 Å². The normalized spacial score (nSPS) is 10.9. The molecule has 0 fully saturated rings. The van der Waals surface area contributed by atoms with Crippen molar-refractivity contribution >= 4 is 11.8 Å². The summed E-state index contributed by atoms with van der Waals surface area (Å²) < 4.78 is 18.3. The Morgan fingerprint density at radius 1 is 1.17 bits per heavy atom. The maximum atomic E-state index is 12.9. The molecule has 9 heteroatoms. The van der Waals surface area contributed by atoms with Gasteiger partial charge in [0, 0.05) is 17.0 Å². The van der Waals surface area contributed by atoms with Gasteiger partial charge in [-0.15, -0.1) is 10.2 Å². The minimum absolute atomic E-state index is 0.127. The number of thioether (sulfide) groups is 1. The van der Waals surface area contributed by atoms with Crippen LogP contribution in [0.25, 0.3) is 0 Å². The summed E-state index contributed by atoms with van der Waals surface area (Å²) in [5.74, 6) is 0.544. The molecule has 0 amide bonds. The van der Waals surface area contributed by atoms with E-state index in [4.69, 9.17) is 4.42 Å². The van der Waals surface area contributed by atoms with Gasteiger partial charge in [-0.3, -0.25) is 9.78 Å². The zero-order valence-electron chi connectivity index (χ0n) is 12.6. The average Bonchev–Trinajstić information content (AvgIpc) is 2.98. The number of H-pyrrole nitrogens is 2. The monoisotopic (exact) mass is 348 g/mol. The Hall–Kier alpha value is -2.68. The predicted molar refractivity (Wildman–Crippen MR) is 85.5 cm³/mol. The molecule has 0 bridgehead atoms. The molecule has 0 aliphatic heterocycles. The molecule has 2 heterocycles. The quantitative estimate of drug-likeness (QED) is 0.681. The van der Waals surface area contributed by atoms with Crippen LogP contribution in [0.2, 0.25) is 0 Å². The summed E-state index contributed by atoms with van der Waals surface area (Å²) in [4.78, 5) is 27.7. The molecular formula is C15H13FN4O3S. The highest BCUT2D eigenvalue weighted by Crippen LogP contribution is 2.22. The lowest BCUT2D eigenvalue weighted by atomic mass is 10.2. The second-order valence-electron chi connectivity index (χ2n) is 5.07. The van der Waals surface area contributed by atoms with Crippen molar-refractivity contribution in [3.8, 4) is 0 Å². The largest absolute Gasteiger partial charge is 0.416 e. The first-order valence-corrected chi connectivity index (χ1v) is 8.01. The molecule has 0 spiro atoms. The third kappa shape index (κ3) is 3.80. The molecule has 0 atom stereocenters. The van der Waals surface area contributed by atoms with Crippen LogP contribution in [0, 0.1) is 12.7 Å². The number of rotatable bonds is 5. The van der Waals surface area contributed by atoms with E-state index in [0.29, 0.717) is 22.2 Å². The SMILES string of the molecule is Cc1[nH]c(=O)[nH]c(=O)c1Cc1nnc(SCc2ccc(F)cc2)o1. The Bertz CT molecular complexity index is 962. The number of aromatic amines is 2. The fourth-order valence-electron chi connectivity index (χ4n) is 2.08. The van der Waals surface area contributed by atoms with Crippen LogP contribution < -0.4 is 11.2 Å². The van der Waals surface area contributed by atoms with Crippen molar-refractivity contribution in [1.82, 2.24) is 20.2 Å². The van der Waals surface area contributed by atoms with Gasteiger partial charge in [0.15, 0.2) is 0 Å². The Morgan fingerprint density at radius 3 is 2.62 bits per heavy atom. The smallest absolute Gasteiger partial charge is 0.325 e. The Kier molecular flexibility index (Phi) is 4.61. The Balaban J connectivity index is 1.69. The Morgan fingerprint density at radius 2 is 1.92 bits per heavy atom. The maximum Gasteiger partial charge on any atom is 0.325 e. The molecule has 24 heavy (non-hydrogen) atoms. The maximum absolute atomic E-state index is 12.9. The van der Waals surface area contributed by atoms with Crippen molar-refractivity contribution in [1.29, 1.82) is 0 Å². The van der Waals surface area contributed by atoms with E-state index in [2.05, 4.69) is 20.2 Å². The lowest BCUT2D eigenvalue weighted by Crippen LogP contribution is -2.27. The van der Waals surface area contributed by atoms with Crippen molar-refractivity contribution in [2.75, 3.05) is 0 Å². The van der Waals surface area contributed by atoms with Crippen LogP contribution in [0.4, 0.5) is 4.39 Å². The molecular weight excluding hydrogens is 335 g/mol. The minimum Gasteiger partial charge on any atom is -0.416 e. The van der Waals surface area contributed by atoms with Crippen molar-refractivity contribution in [2.24, 2.45) is 0 Å². The molecule has 124 valence electrons. The zero-order valence-corrected chi connectivity index (χ0v) is 13.4. The van der Waals surface area contributed by atoms with Gasteiger partial charge in [-0.2, -0.15) is 0 Å². The van der Waals surface area contributed by atoms with Crippen LogP contribution in [-0.4, -0.2) is 20.2 Å². The van der Waals surface area contributed by atoms with Gasteiger partial charge in [0.1, 0.15) is 5.82 Å². The third-order valence-electron chi connectivity index (χ3n) is 3.31. The van der Waals surface area contributed by atoms with Crippen LogP contribution in [-0.2, 0) is 12.2 Å². The van der Waals surface area contributed by atoms with Crippen LogP contribution in [0.15, 0.2) is 43.5 Å². The summed E-state index contributed by atoms with van der Waals surface area (Å²) in [6.07, 6.45) is 0.127. The lowest BCUT2D eigenvalue weighted by molar-refractivity contribution is 0.419. The summed E-state index contributed by atoms with van der Waals surface area (Å²) in [6.45, 7) is 1.63. The highest BCUT2D eigenvalue weighted by molar-refractivity contribution is 7.98. The molecule has 1 aromatic carbocycles. The van der Waals surface area contributed by atoms with Crippen molar-refractivity contribution in [3.63, 3.8) is 0 Å². The van der Waals surface area contributed by atoms with E-state index < -0.39 is 11.2 Å². The van der Waals surface area contributed by atoms with E-state index >= 15 is 0 Å². The van der Waals surface area contributed by atoms with E-state index in [9.17, 15) is 14.0 Å². The van der Waals surface area contributed by atoms with Gasteiger partial charge in [0.25, 0.3) is 10.8 Å². The second-order valence-corrected chi connectivity index (χ2v) is 5.99. The fraction of sp³-hybridized carbons (Fsp3) is 0.200. The summed E-state index contributed by atoms with van der Waals surface area (Å²) in [5.41, 5.74) is 0.724. The van der Waals surface area contributed by atoms with Crippen LogP contribution in [0.3, 0.4) is 0 Å². The molecule has 2 N–H and O–H groups in total. The van der Waals surface area contributed by atoms with Gasteiger partial charge < -0.3 is 9.40 Å². The summed E-state index contributed by atoms with van der Waals surface area (Å²) in [7, 11) is 0. The molecule has 3 rings (SSSR count).